The number of amides is 1. The maximum absolute atomic E-state index is 13.3. The fourth-order valence-electron chi connectivity index (χ4n) is 2.97. The Morgan fingerprint density at radius 1 is 1.13 bits per heavy atom. The van der Waals surface area contributed by atoms with Crippen molar-refractivity contribution in [3.63, 3.8) is 0 Å². The van der Waals surface area contributed by atoms with Crippen LogP contribution in [0.4, 0.5) is 4.39 Å². The Morgan fingerprint density at radius 2 is 1.80 bits per heavy atom. The first kappa shape index (κ1) is 21.2. The predicted molar refractivity (Wildman–Crippen MR) is 108 cm³/mol. The summed E-state index contributed by atoms with van der Waals surface area (Å²) in [7, 11) is 1.29. The first-order valence-corrected chi connectivity index (χ1v) is 9.50. The Labute approximate surface area is 171 Å². The van der Waals surface area contributed by atoms with Gasteiger partial charge in [-0.2, -0.15) is 0 Å². The molecule has 10 nitrogen and oxygen atoms in total. The average Bonchev–Trinajstić information content (AvgIpc) is 2.76. The lowest BCUT2D eigenvalue weighted by Crippen LogP contribution is -2.39. The summed E-state index contributed by atoms with van der Waals surface area (Å²) in [4.78, 5) is 43.8. The predicted octanol–water partition coefficient (Wildman–Crippen LogP) is 0.0851. The molecule has 2 aromatic heterocycles. The summed E-state index contributed by atoms with van der Waals surface area (Å²) in [5, 5.41) is 10.4. The van der Waals surface area contributed by atoms with Gasteiger partial charge in [-0.25, -0.2) is 18.7 Å². The highest BCUT2D eigenvalue weighted by Gasteiger charge is 2.19. The minimum atomic E-state index is -0.708. The molecular weight excluding hydrogens is 393 g/mol. The van der Waals surface area contributed by atoms with Gasteiger partial charge < -0.3 is 10.2 Å². The molecule has 0 aliphatic rings. The zero-order valence-electron chi connectivity index (χ0n) is 16.9. The van der Waals surface area contributed by atoms with Crippen molar-refractivity contribution in [2.24, 2.45) is 7.05 Å². The lowest BCUT2D eigenvalue weighted by atomic mass is 10.3. The summed E-state index contributed by atoms with van der Waals surface area (Å²) in [6, 6.07) is 5.10. The highest BCUT2D eigenvalue weighted by Crippen LogP contribution is 2.11. The Kier molecular flexibility index (Phi) is 6.31. The molecule has 0 fully saturated rings. The van der Waals surface area contributed by atoms with Gasteiger partial charge in [0.05, 0.1) is 5.69 Å². The fourth-order valence-corrected chi connectivity index (χ4v) is 2.97. The Balaban J connectivity index is 2.00. The lowest BCUT2D eigenvalue weighted by Gasteiger charge is -2.17. The van der Waals surface area contributed by atoms with E-state index in [1.807, 2.05) is 13.8 Å². The largest absolute Gasteiger partial charge is 0.348 e. The third-order valence-corrected chi connectivity index (χ3v) is 4.76. The molecule has 0 bridgehead atoms. The van der Waals surface area contributed by atoms with E-state index >= 15 is 0 Å². The molecule has 0 unspecified atom stereocenters. The van der Waals surface area contributed by atoms with Crippen LogP contribution < -0.4 is 16.6 Å². The van der Waals surface area contributed by atoms with Crippen LogP contribution in [0.25, 0.3) is 16.9 Å². The zero-order chi connectivity index (χ0) is 21.8. The molecule has 0 saturated carbocycles. The van der Waals surface area contributed by atoms with Gasteiger partial charge in [0.2, 0.25) is 5.82 Å². The van der Waals surface area contributed by atoms with Crippen LogP contribution in [0.1, 0.15) is 24.5 Å². The van der Waals surface area contributed by atoms with E-state index in [4.69, 9.17) is 0 Å². The summed E-state index contributed by atoms with van der Waals surface area (Å²) in [6.07, 6.45) is 0. The SMILES string of the molecule is CCN(CC)CCNC(=O)c1nnc2c(n1)c(=O)n(C)c(=O)n2-c1ccc(F)cc1. The minimum Gasteiger partial charge on any atom is -0.348 e. The van der Waals surface area contributed by atoms with Crippen LogP contribution in [0.15, 0.2) is 33.9 Å². The first-order valence-electron chi connectivity index (χ1n) is 9.50. The molecule has 0 saturated heterocycles. The molecular formula is C19H22FN7O3. The smallest absolute Gasteiger partial charge is 0.337 e. The number of carbonyl (C=O) groups excluding carboxylic acids is 1. The van der Waals surface area contributed by atoms with Gasteiger partial charge in [-0.05, 0) is 37.4 Å². The fraction of sp³-hybridized carbons (Fsp3) is 0.368. The zero-order valence-corrected chi connectivity index (χ0v) is 16.9. The van der Waals surface area contributed by atoms with E-state index in [9.17, 15) is 18.8 Å². The molecule has 158 valence electrons. The van der Waals surface area contributed by atoms with Gasteiger partial charge >= 0.3 is 5.69 Å². The molecule has 1 aromatic carbocycles. The number of carbonyl (C=O) groups is 1. The van der Waals surface area contributed by atoms with Crippen molar-refractivity contribution in [3.05, 3.63) is 56.7 Å². The van der Waals surface area contributed by atoms with Crippen LogP contribution in [0.3, 0.4) is 0 Å². The number of fused-ring (bicyclic) bond motifs is 1. The lowest BCUT2D eigenvalue weighted by molar-refractivity contribution is 0.0937. The van der Waals surface area contributed by atoms with Gasteiger partial charge in [-0.15, -0.1) is 10.2 Å². The van der Waals surface area contributed by atoms with Crippen molar-refractivity contribution < 1.29 is 9.18 Å². The number of rotatable bonds is 7. The van der Waals surface area contributed by atoms with Crippen molar-refractivity contribution in [1.82, 2.24) is 34.5 Å². The Bertz CT molecular complexity index is 1180. The first-order chi connectivity index (χ1) is 14.4. The van der Waals surface area contributed by atoms with E-state index in [1.54, 1.807) is 0 Å². The number of hydrogen-bond acceptors (Lipinski definition) is 7. The summed E-state index contributed by atoms with van der Waals surface area (Å²) in [6.45, 7) is 6.81. The molecule has 0 spiro atoms. The second-order valence-corrected chi connectivity index (χ2v) is 6.55. The number of nitrogens with zero attached hydrogens (tertiary/aromatic N) is 6. The Morgan fingerprint density at radius 3 is 2.43 bits per heavy atom. The summed E-state index contributed by atoms with van der Waals surface area (Å²) < 4.78 is 15.2. The van der Waals surface area contributed by atoms with E-state index in [-0.39, 0.29) is 22.7 Å². The quantitative estimate of drug-likeness (QED) is 0.581. The standard InChI is InChI=1S/C19H22FN7O3/c1-4-26(5-2)11-10-21-17(28)15-22-14-16(24-23-15)27(19(30)25(3)18(14)29)13-8-6-12(20)7-9-13/h6-9H,4-5,10-11H2,1-3H3,(H,21,28). The van der Waals surface area contributed by atoms with Crippen LogP contribution in [-0.2, 0) is 7.05 Å². The third-order valence-electron chi connectivity index (χ3n) is 4.76. The van der Waals surface area contributed by atoms with Crippen molar-refractivity contribution in [3.8, 4) is 5.69 Å². The maximum atomic E-state index is 13.3. The molecule has 1 amide bonds. The molecule has 0 aliphatic heterocycles. The molecule has 30 heavy (non-hydrogen) atoms. The van der Waals surface area contributed by atoms with Gasteiger partial charge in [-0.3, -0.25) is 14.2 Å². The van der Waals surface area contributed by atoms with Gasteiger partial charge in [0.1, 0.15) is 5.82 Å². The number of nitrogens with one attached hydrogen (secondary N) is 1. The molecule has 0 radical (unpaired) electrons. The van der Waals surface area contributed by atoms with E-state index in [0.29, 0.717) is 13.1 Å². The van der Waals surface area contributed by atoms with E-state index in [2.05, 4.69) is 25.4 Å². The average molecular weight is 415 g/mol. The highest BCUT2D eigenvalue weighted by atomic mass is 19.1. The summed E-state index contributed by atoms with van der Waals surface area (Å²) >= 11 is 0. The summed E-state index contributed by atoms with van der Waals surface area (Å²) in [5.41, 5.74) is -1.42. The Hall–Kier alpha value is -3.47. The van der Waals surface area contributed by atoms with Gasteiger partial charge in [0.25, 0.3) is 11.5 Å². The third kappa shape index (κ3) is 4.10. The van der Waals surface area contributed by atoms with Crippen molar-refractivity contribution in [2.45, 2.75) is 13.8 Å². The normalized spacial score (nSPS) is 11.2. The van der Waals surface area contributed by atoms with Crippen molar-refractivity contribution in [1.29, 1.82) is 0 Å². The van der Waals surface area contributed by atoms with Crippen molar-refractivity contribution >= 4 is 17.1 Å². The van der Waals surface area contributed by atoms with Gasteiger partial charge in [-0.1, -0.05) is 13.8 Å². The molecule has 0 atom stereocenters. The molecule has 11 heteroatoms. The highest BCUT2D eigenvalue weighted by molar-refractivity contribution is 5.91. The molecule has 1 N–H and O–H groups in total. The number of benzene rings is 1. The topological polar surface area (TPSA) is 115 Å². The van der Waals surface area contributed by atoms with Crippen LogP contribution in [0.5, 0.6) is 0 Å². The van der Waals surface area contributed by atoms with E-state index in [0.717, 1.165) is 22.2 Å². The molecule has 2 heterocycles. The summed E-state index contributed by atoms with van der Waals surface area (Å²) in [5.74, 6) is -1.32. The van der Waals surface area contributed by atoms with Gasteiger partial charge in [0.15, 0.2) is 11.2 Å². The number of halogens is 1. The van der Waals surface area contributed by atoms with Crippen LogP contribution in [-0.4, -0.2) is 61.3 Å². The van der Waals surface area contributed by atoms with Crippen LogP contribution in [0.2, 0.25) is 0 Å². The van der Waals surface area contributed by atoms with E-state index in [1.165, 1.54) is 31.3 Å². The number of hydrogen-bond donors (Lipinski definition) is 1. The van der Waals surface area contributed by atoms with Gasteiger partial charge in [0, 0.05) is 20.1 Å². The van der Waals surface area contributed by atoms with Crippen molar-refractivity contribution in [2.75, 3.05) is 26.2 Å². The van der Waals surface area contributed by atoms with Crippen LogP contribution >= 0.6 is 0 Å². The maximum Gasteiger partial charge on any atom is 0.337 e. The van der Waals surface area contributed by atoms with E-state index < -0.39 is 23.0 Å². The second-order valence-electron chi connectivity index (χ2n) is 6.55. The van der Waals surface area contributed by atoms with Crippen LogP contribution in [0, 0.1) is 5.82 Å². The molecule has 3 rings (SSSR count). The number of likely N-dealkylation sites (N-methyl/N-ethyl adjacent to an activating group) is 1. The molecule has 3 aromatic rings. The number of aromatic nitrogens is 5. The monoisotopic (exact) mass is 415 g/mol. The minimum absolute atomic E-state index is 0.116. The second kappa shape index (κ2) is 8.91. The molecule has 0 aliphatic carbocycles.